The molecule has 0 saturated carbocycles. The van der Waals surface area contributed by atoms with E-state index in [2.05, 4.69) is 38.5 Å². The molecule has 0 amide bonds. The molecule has 26 heavy (non-hydrogen) atoms. The molecule has 0 saturated heterocycles. The van der Waals surface area contributed by atoms with E-state index in [4.69, 9.17) is 9.47 Å². The summed E-state index contributed by atoms with van der Waals surface area (Å²) in [7, 11) is 0. The van der Waals surface area contributed by atoms with Gasteiger partial charge in [-0.25, -0.2) is 4.79 Å². The van der Waals surface area contributed by atoms with E-state index in [-0.39, 0.29) is 5.97 Å². The van der Waals surface area contributed by atoms with Crippen LogP contribution in [0.15, 0.2) is 59.1 Å². The molecular weight excluding hydrogens is 507 g/mol. The van der Waals surface area contributed by atoms with Crippen LogP contribution in [0, 0.1) is 0 Å². The van der Waals surface area contributed by atoms with Crippen molar-refractivity contribution in [2.75, 3.05) is 11.0 Å². The Morgan fingerprint density at radius 1 is 1.04 bits per heavy atom. The summed E-state index contributed by atoms with van der Waals surface area (Å²) in [6.07, 6.45) is 4.65. The highest BCUT2D eigenvalue weighted by atomic mass is 127. The molecule has 0 unspecified atom stereocenters. The van der Waals surface area contributed by atoms with Crippen LogP contribution in [0.2, 0.25) is 0 Å². The van der Waals surface area contributed by atoms with Crippen LogP contribution in [0.4, 0.5) is 0 Å². The van der Waals surface area contributed by atoms with Crippen molar-refractivity contribution in [3.05, 3.63) is 64.6 Å². The fourth-order valence-corrected chi connectivity index (χ4v) is 3.22. The third-order valence-electron chi connectivity index (χ3n) is 3.68. The smallest absolute Gasteiger partial charge is 0.331 e. The zero-order valence-corrected chi connectivity index (χ0v) is 18.5. The lowest BCUT2D eigenvalue weighted by Crippen LogP contribution is -2.01. The van der Waals surface area contributed by atoms with E-state index in [0.717, 1.165) is 50.8 Å². The Balaban J connectivity index is 2.12. The number of halogens is 2. The van der Waals surface area contributed by atoms with E-state index in [0.29, 0.717) is 6.61 Å². The van der Waals surface area contributed by atoms with Crippen molar-refractivity contribution in [1.82, 2.24) is 0 Å². The molecule has 0 aliphatic carbocycles. The number of esters is 1. The van der Waals surface area contributed by atoms with Gasteiger partial charge in [-0.05, 0) is 78.1 Å². The van der Waals surface area contributed by atoms with Gasteiger partial charge in [0.2, 0.25) is 0 Å². The van der Waals surface area contributed by atoms with E-state index in [1.54, 1.807) is 6.08 Å². The summed E-state index contributed by atoms with van der Waals surface area (Å²) in [6.45, 7) is 2.20. The topological polar surface area (TPSA) is 35.5 Å². The minimum Gasteiger partial charge on any atom is -0.463 e. The lowest BCUT2D eigenvalue weighted by atomic mass is 10.00. The van der Waals surface area contributed by atoms with Gasteiger partial charge in [0.1, 0.15) is 11.5 Å². The zero-order chi connectivity index (χ0) is 18.8. The standard InChI is InChI=1S/C21H22BrIO3/c1-2-25-21(24)15-17(5-3-4-14-23)16-6-10-19(11-7-16)26-20-12-8-18(22)9-13-20/h6-13,15H,2-5,14H2,1H3/b17-15-. The molecule has 0 aromatic heterocycles. The highest BCUT2D eigenvalue weighted by Crippen LogP contribution is 2.27. The third kappa shape index (κ3) is 7.11. The largest absolute Gasteiger partial charge is 0.463 e. The fourth-order valence-electron chi connectivity index (χ4n) is 2.41. The van der Waals surface area contributed by atoms with E-state index in [1.807, 2.05) is 55.5 Å². The average molecular weight is 529 g/mol. The molecule has 0 aliphatic rings. The van der Waals surface area contributed by atoms with Gasteiger partial charge in [-0.1, -0.05) is 50.7 Å². The summed E-state index contributed by atoms with van der Waals surface area (Å²) in [6, 6.07) is 15.5. The van der Waals surface area contributed by atoms with Crippen molar-refractivity contribution in [1.29, 1.82) is 0 Å². The van der Waals surface area contributed by atoms with Gasteiger partial charge >= 0.3 is 5.97 Å². The second kappa shape index (κ2) is 11.4. The van der Waals surface area contributed by atoms with Gasteiger partial charge in [-0.3, -0.25) is 0 Å². The Hall–Kier alpha value is -1.34. The quantitative estimate of drug-likeness (QED) is 0.118. The third-order valence-corrected chi connectivity index (χ3v) is 4.97. The van der Waals surface area contributed by atoms with Gasteiger partial charge in [0.05, 0.1) is 6.61 Å². The number of carbonyl (C=O) groups excluding carboxylic acids is 1. The van der Waals surface area contributed by atoms with E-state index in [1.165, 1.54) is 0 Å². The van der Waals surface area contributed by atoms with Crippen molar-refractivity contribution < 1.29 is 14.3 Å². The first-order valence-electron chi connectivity index (χ1n) is 8.59. The van der Waals surface area contributed by atoms with Crippen molar-refractivity contribution >= 4 is 50.1 Å². The highest BCUT2D eigenvalue weighted by molar-refractivity contribution is 14.1. The van der Waals surface area contributed by atoms with Crippen LogP contribution in [0.3, 0.4) is 0 Å². The predicted octanol–water partition coefficient (Wildman–Crippen LogP) is 6.79. The maximum absolute atomic E-state index is 11.9. The minimum absolute atomic E-state index is 0.285. The number of rotatable bonds is 9. The minimum atomic E-state index is -0.285. The molecule has 0 radical (unpaired) electrons. The Morgan fingerprint density at radius 3 is 2.23 bits per heavy atom. The van der Waals surface area contributed by atoms with Crippen LogP contribution in [0.25, 0.3) is 5.57 Å². The molecule has 0 bridgehead atoms. The molecule has 0 N–H and O–H groups in total. The van der Waals surface area contributed by atoms with Gasteiger partial charge in [0, 0.05) is 10.5 Å². The molecule has 3 nitrogen and oxygen atoms in total. The van der Waals surface area contributed by atoms with Crippen molar-refractivity contribution in [2.45, 2.75) is 26.2 Å². The molecule has 138 valence electrons. The number of unbranched alkanes of at least 4 members (excludes halogenated alkanes) is 1. The summed E-state index contributed by atoms with van der Waals surface area (Å²) >= 11 is 5.79. The molecule has 0 heterocycles. The number of carbonyl (C=O) groups is 1. The summed E-state index contributed by atoms with van der Waals surface area (Å²) < 4.78 is 13.1. The summed E-state index contributed by atoms with van der Waals surface area (Å²) in [5, 5.41) is 0. The van der Waals surface area contributed by atoms with Crippen LogP contribution in [-0.4, -0.2) is 17.0 Å². The van der Waals surface area contributed by atoms with Gasteiger partial charge in [-0.2, -0.15) is 0 Å². The Bertz CT molecular complexity index is 724. The van der Waals surface area contributed by atoms with Gasteiger partial charge in [0.25, 0.3) is 0 Å². The van der Waals surface area contributed by atoms with Crippen molar-refractivity contribution in [3.63, 3.8) is 0 Å². The molecule has 2 aromatic rings. The number of hydrogen-bond acceptors (Lipinski definition) is 3. The van der Waals surface area contributed by atoms with Gasteiger partial charge < -0.3 is 9.47 Å². The fraction of sp³-hybridized carbons (Fsp3) is 0.286. The second-order valence-corrected chi connectivity index (χ2v) is 7.64. The Morgan fingerprint density at radius 2 is 1.65 bits per heavy atom. The van der Waals surface area contributed by atoms with E-state index < -0.39 is 0 Å². The van der Waals surface area contributed by atoms with Gasteiger partial charge in [-0.15, -0.1) is 0 Å². The molecule has 2 aromatic carbocycles. The lowest BCUT2D eigenvalue weighted by molar-refractivity contribution is -0.137. The molecule has 0 fully saturated rings. The highest BCUT2D eigenvalue weighted by Gasteiger charge is 2.07. The summed E-state index contributed by atoms with van der Waals surface area (Å²) in [5.41, 5.74) is 2.03. The van der Waals surface area contributed by atoms with Crippen molar-refractivity contribution in [3.8, 4) is 11.5 Å². The molecule has 5 heteroatoms. The predicted molar refractivity (Wildman–Crippen MR) is 118 cm³/mol. The van der Waals surface area contributed by atoms with Crippen LogP contribution >= 0.6 is 38.5 Å². The van der Waals surface area contributed by atoms with Crippen LogP contribution < -0.4 is 4.74 Å². The van der Waals surface area contributed by atoms with E-state index >= 15 is 0 Å². The first-order valence-corrected chi connectivity index (χ1v) is 10.9. The Kier molecular flexibility index (Phi) is 9.18. The molecule has 2 rings (SSSR count). The lowest BCUT2D eigenvalue weighted by Gasteiger charge is -2.10. The molecular formula is C21H22BrIO3. The number of hydrogen-bond donors (Lipinski definition) is 0. The zero-order valence-electron chi connectivity index (χ0n) is 14.7. The van der Waals surface area contributed by atoms with Crippen molar-refractivity contribution in [2.24, 2.45) is 0 Å². The van der Waals surface area contributed by atoms with Gasteiger partial charge in [0.15, 0.2) is 0 Å². The molecule has 0 spiro atoms. The first-order chi connectivity index (χ1) is 12.6. The number of benzene rings is 2. The number of alkyl halides is 1. The second-order valence-electron chi connectivity index (χ2n) is 5.65. The summed E-state index contributed by atoms with van der Waals surface area (Å²) in [4.78, 5) is 11.9. The van der Waals surface area contributed by atoms with E-state index in [9.17, 15) is 4.79 Å². The number of ether oxygens (including phenoxy) is 2. The maximum atomic E-state index is 11.9. The normalized spacial score (nSPS) is 11.3. The molecule has 0 atom stereocenters. The summed E-state index contributed by atoms with van der Waals surface area (Å²) in [5.74, 6) is 1.26. The number of allylic oxidation sites excluding steroid dienone is 1. The van der Waals surface area contributed by atoms with Crippen LogP contribution in [-0.2, 0) is 9.53 Å². The molecule has 0 aliphatic heterocycles. The van der Waals surface area contributed by atoms with Crippen LogP contribution in [0.5, 0.6) is 11.5 Å². The SMILES string of the molecule is CCOC(=O)/C=C(/CCCCI)c1ccc(Oc2ccc(Br)cc2)cc1. The maximum Gasteiger partial charge on any atom is 0.331 e. The Labute approximate surface area is 177 Å². The average Bonchev–Trinajstić information content (AvgIpc) is 2.64. The monoisotopic (exact) mass is 528 g/mol. The first kappa shape index (κ1) is 21.0. The van der Waals surface area contributed by atoms with Crippen LogP contribution in [0.1, 0.15) is 31.7 Å².